The molecule has 2 fully saturated rings. The van der Waals surface area contributed by atoms with Gasteiger partial charge in [0.2, 0.25) is 5.91 Å². The SMILES string of the molecule is O=C(CN1CCc2c(cnn2-c2ccc(=O)n(Cl)c2)C1)N1CCN(C2CCC2)CC1. The van der Waals surface area contributed by atoms with E-state index in [1.54, 1.807) is 12.3 Å². The van der Waals surface area contributed by atoms with Crippen molar-refractivity contribution in [3.63, 3.8) is 0 Å². The summed E-state index contributed by atoms with van der Waals surface area (Å²) in [5.41, 5.74) is 2.73. The number of carbonyl (C=O) groups is 1. The van der Waals surface area contributed by atoms with E-state index in [4.69, 9.17) is 11.8 Å². The van der Waals surface area contributed by atoms with E-state index in [0.29, 0.717) is 13.1 Å². The van der Waals surface area contributed by atoms with Gasteiger partial charge in [0.15, 0.2) is 0 Å². The summed E-state index contributed by atoms with van der Waals surface area (Å²) in [5, 5.41) is 4.50. The molecule has 0 aromatic carbocycles. The van der Waals surface area contributed by atoms with Gasteiger partial charge in [-0.15, -0.1) is 0 Å². The van der Waals surface area contributed by atoms with Crippen LogP contribution < -0.4 is 5.56 Å². The second-order valence-corrected chi connectivity index (χ2v) is 8.89. The Morgan fingerprint density at radius 2 is 1.93 bits per heavy atom. The highest BCUT2D eigenvalue weighted by Crippen LogP contribution is 2.26. The first kappa shape index (κ1) is 19.8. The summed E-state index contributed by atoms with van der Waals surface area (Å²) in [5.74, 6) is 0.230. The van der Waals surface area contributed by atoms with E-state index < -0.39 is 0 Å². The van der Waals surface area contributed by atoms with E-state index in [-0.39, 0.29) is 11.5 Å². The van der Waals surface area contributed by atoms with Gasteiger partial charge in [0.05, 0.1) is 30.3 Å². The molecule has 0 spiro atoms. The monoisotopic (exact) mass is 430 g/mol. The fourth-order valence-electron chi connectivity index (χ4n) is 4.70. The Balaban J connectivity index is 1.19. The molecule has 0 unspecified atom stereocenters. The molecule has 0 radical (unpaired) electrons. The molecule has 1 saturated heterocycles. The highest BCUT2D eigenvalue weighted by Gasteiger charge is 2.30. The highest BCUT2D eigenvalue weighted by molar-refractivity contribution is 6.15. The number of amides is 1. The molecule has 2 aromatic heterocycles. The van der Waals surface area contributed by atoms with Crippen LogP contribution in [0.3, 0.4) is 0 Å². The maximum atomic E-state index is 12.8. The van der Waals surface area contributed by atoms with Crippen LogP contribution in [0.1, 0.15) is 30.5 Å². The number of hydrogen-bond donors (Lipinski definition) is 0. The van der Waals surface area contributed by atoms with Crippen molar-refractivity contribution in [1.29, 1.82) is 0 Å². The van der Waals surface area contributed by atoms with Gasteiger partial charge < -0.3 is 4.90 Å². The summed E-state index contributed by atoms with van der Waals surface area (Å²) in [4.78, 5) is 31.1. The Morgan fingerprint density at radius 1 is 1.13 bits per heavy atom. The summed E-state index contributed by atoms with van der Waals surface area (Å²) < 4.78 is 2.88. The second kappa shape index (κ2) is 8.17. The molecular formula is C21H27ClN6O2. The van der Waals surface area contributed by atoms with Gasteiger partial charge in [-0.2, -0.15) is 5.10 Å². The van der Waals surface area contributed by atoms with Crippen LogP contribution in [-0.2, 0) is 17.8 Å². The normalized spacial score (nSPS) is 20.8. The summed E-state index contributed by atoms with van der Waals surface area (Å²) >= 11 is 5.92. The van der Waals surface area contributed by atoms with E-state index in [0.717, 1.165) is 66.2 Å². The molecule has 2 aliphatic heterocycles. The molecule has 30 heavy (non-hydrogen) atoms. The molecule has 5 rings (SSSR count). The fraction of sp³-hybridized carbons (Fsp3) is 0.571. The van der Waals surface area contributed by atoms with Gasteiger partial charge in [-0.05, 0) is 18.9 Å². The number of pyridine rings is 1. The maximum Gasteiger partial charge on any atom is 0.265 e. The van der Waals surface area contributed by atoms with Crippen LogP contribution in [0.25, 0.3) is 5.69 Å². The first-order valence-electron chi connectivity index (χ1n) is 10.8. The lowest BCUT2D eigenvalue weighted by atomic mass is 9.91. The Labute approximate surface area is 180 Å². The summed E-state index contributed by atoms with van der Waals surface area (Å²) in [6, 6.07) is 3.93. The van der Waals surface area contributed by atoms with Gasteiger partial charge in [-0.25, -0.2) is 8.77 Å². The molecule has 1 amide bonds. The molecule has 9 heteroatoms. The third-order valence-corrected chi connectivity index (χ3v) is 6.99. The smallest absolute Gasteiger partial charge is 0.265 e. The van der Waals surface area contributed by atoms with Crippen molar-refractivity contribution in [2.45, 2.75) is 38.3 Å². The predicted molar refractivity (Wildman–Crippen MR) is 114 cm³/mol. The van der Waals surface area contributed by atoms with Crippen LogP contribution in [0.2, 0.25) is 0 Å². The van der Waals surface area contributed by atoms with Gasteiger partial charge in [0, 0.05) is 75.1 Å². The Kier molecular flexibility index (Phi) is 5.39. The largest absolute Gasteiger partial charge is 0.339 e. The molecule has 4 heterocycles. The van der Waals surface area contributed by atoms with E-state index in [9.17, 15) is 9.59 Å². The van der Waals surface area contributed by atoms with Crippen LogP contribution in [0.15, 0.2) is 29.3 Å². The van der Waals surface area contributed by atoms with Gasteiger partial charge in [-0.1, -0.05) is 6.42 Å². The average molecular weight is 431 g/mol. The standard InChI is InChI=1S/C21H27ClN6O2/c22-27-14-18(4-5-20(27)29)28-19-6-7-24(13-16(19)12-23-28)15-21(30)26-10-8-25(9-11-26)17-2-1-3-17/h4-5,12,14,17H,1-3,6-11,13,15H2. The number of aromatic nitrogens is 3. The molecule has 160 valence electrons. The lowest BCUT2D eigenvalue weighted by Crippen LogP contribution is -2.55. The molecule has 0 bridgehead atoms. The Morgan fingerprint density at radius 3 is 2.63 bits per heavy atom. The molecule has 0 atom stereocenters. The number of hydrogen-bond acceptors (Lipinski definition) is 5. The lowest BCUT2D eigenvalue weighted by Gasteiger charge is -2.43. The third-order valence-electron chi connectivity index (χ3n) is 6.73. The Bertz CT molecular complexity index is 990. The zero-order chi connectivity index (χ0) is 20.7. The van der Waals surface area contributed by atoms with Crippen molar-refractivity contribution in [1.82, 2.24) is 28.6 Å². The van der Waals surface area contributed by atoms with Gasteiger partial charge >= 0.3 is 0 Å². The van der Waals surface area contributed by atoms with E-state index in [1.165, 1.54) is 25.3 Å². The second-order valence-electron chi connectivity index (χ2n) is 8.53. The first-order valence-corrected chi connectivity index (χ1v) is 11.1. The Hall–Kier alpha value is -2.16. The van der Waals surface area contributed by atoms with Gasteiger partial charge in [-0.3, -0.25) is 19.4 Å². The number of nitrogens with zero attached hydrogens (tertiary/aromatic N) is 6. The average Bonchev–Trinajstić information content (AvgIpc) is 3.12. The highest BCUT2D eigenvalue weighted by atomic mass is 35.5. The van der Waals surface area contributed by atoms with Crippen LogP contribution in [0, 0.1) is 0 Å². The van der Waals surface area contributed by atoms with Crippen molar-refractivity contribution >= 4 is 17.7 Å². The van der Waals surface area contributed by atoms with Crippen molar-refractivity contribution < 1.29 is 4.79 Å². The van der Waals surface area contributed by atoms with Crippen molar-refractivity contribution in [3.05, 3.63) is 46.1 Å². The zero-order valence-corrected chi connectivity index (χ0v) is 17.8. The number of piperazine rings is 1. The van der Waals surface area contributed by atoms with E-state index in [1.807, 2.05) is 15.8 Å². The van der Waals surface area contributed by atoms with Gasteiger partial charge in [0.25, 0.3) is 5.56 Å². The number of halogens is 1. The van der Waals surface area contributed by atoms with Crippen LogP contribution >= 0.6 is 11.8 Å². The summed E-state index contributed by atoms with van der Waals surface area (Å²) in [7, 11) is 0. The minimum Gasteiger partial charge on any atom is -0.339 e. The van der Waals surface area contributed by atoms with E-state index in [2.05, 4.69) is 14.9 Å². The molecular weight excluding hydrogens is 404 g/mol. The number of carbonyl (C=O) groups excluding carboxylic acids is 1. The van der Waals surface area contributed by atoms with Crippen LogP contribution in [0.5, 0.6) is 0 Å². The summed E-state index contributed by atoms with van der Waals surface area (Å²) in [6.07, 6.45) is 8.24. The minimum absolute atomic E-state index is 0.230. The topological polar surface area (TPSA) is 66.6 Å². The van der Waals surface area contributed by atoms with Crippen LogP contribution in [-0.4, -0.2) is 79.8 Å². The molecule has 0 N–H and O–H groups in total. The minimum atomic E-state index is -0.264. The van der Waals surface area contributed by atoms with Crippen LogP contribution in [0.4, 0.5) is 0 Å². The molecule has 1 saturated carbocycles. The lowest BCUT2D eigenvalue weighted by molar-refractivity contribution is -0.135. The quantitative estimate of drug-likeness (QED) is 0.726. The number of rotatable bonds is 4. The van der Waals surface area contributed by atoms with Gasteiger partial charge in [0.1, 0.15) is 0 Å². The van der Waals surface area contributed by atoms with Crippen molar-refractivity contribution in [2.75, 3.05) is 39.3 Å². The molecule has 1 aliphatic carbocycles. The molecule has 8 nitrogen and oxygen atoms in total. The van der Waals surface area contributed by atoms with Crippen molar-refractivity contribution in [3.8, 4) is 5.69 Å². The number of fused-ring (bicyclic) bond motifs is 1. The molecule has 3 aliphatic rings. The zero-order valence-electron chi connectivity index (χ0n) is 17.0. The predicted octanol–water partition coefficient (Wildman–Crippen LogP) is 1.09. The van der Waals surface area contributed by atoms with E-state index >= 15 is 0 Å². The maximum absolute atomic E-state index is 12.8. The molecule has 2 aromatic rings. The van der Waals surface area contributed by atoms with Crippen molar-refractivity contribution in [2.24, 2.45) is 0 Å². The third kappa shape index (κ3) is 3.79. The fourth-order valence-corrected chi connectivity index (χ4v) is 4.86. The summed E-state index contributed by atoms with van der Waals surface area (Å²) in [6.45, 7) is 5.70. The first-order chi connectivity index (χ1) is 14.6.